The van der Waals surface area contributed by atoms with Gasteiger partial charge in [-0.25, -0.2) is 0 Å². The molecular weight excluding hydrogens is 280 g/mol. The molecule has 0 saturated carbocycles. The maximum atomic E-state index is 10.9. The second-order valence-electron chi connectivity index (χ2n) is 8.67. The van der Waals surface area contributed by atoms with Gasteiger partial charge in [0.05, 0.1) is 12.8 Å². The van der Waals surface area contributed by atoms with Crippen LogP contribution in [0.2, 0.25) is 0 Å². The Hall–Kier alpha value is -1.06. The summed E-state index contributed by atoms with van der Waals surface area (Å²) in [5.74, 6) is -0.499. The van der Waals surface area contributed by atoms with E-state index in [1.54, 1.807) is 0 Å². The molecule has 4 heteroatoms. The van der Waals surface area contributed by atoms with Crippen LogP contribution in [0.4, 0.5) is 0 Å². The van der Waals surface area contributed by atoms with Gasteiger partial charge in [-0.3, -0.25) is 9.59 Å². The minimum atomic E-state index is -0.735. The van der Waals surface area contributed by atoms with Crippen LogP contribution >= 0.6 is 0 Å². The minimum Gasteiger partial charge on any atom is -0.481 e. The Morgan fingerprint density at radius 2 is 1.05 bits per heavy atom. The van der Waals surface area contributed by atoms with E-state index in [9.17, 15) is 9.59 Å². The average molecular weight is 314 g/mol. The first kappa shape index (κ1) is 20.9. The van der Waals surface area contributed by atoms with Crippen molar-refractivity contribution in [2.75, 3.05) is 0 Å². The lowest BCUT2D eigenvalue weighted by Gasteiger charge is -2.29. The summed E-state index contributed by atoms with van der Waals surface area (Å²) in [4.78, 5) is 21.7. The highest BCUT2D eigenvalue weighted by molar-refractivity contribution is 5.67. The minimum absolute atomic E-state index is 0.170. The molecule has 130 valence electrons. The zero-order valence-electron chi connectivity index (χ0n) is 15.1. The Kier molecular flexibility index (Phi) is 8.13. The maximum absolute atomic E-state index is 10.9. The van der Waals surface area contributed by atoms with E-state index in [0.29, 0.717) is 11.8 Å². The van der Waals surface area contributed by atoms with Crippen LogP contribution in [0, 0.1) is 22.7 Å². The predicted molar refractivity (Wildman–Crippen MR) is 88.9 cm³/mol. The van der Waals surface area contributed by atoms with E-state index in [-0.39, 0.29) is 23.7 Å². The lowest BCUT2D eigenvalue weighted by atomic mass is 9.76. The summed E-state index contributed by atoms with van der Waals surface area (Å²) in [5, 5.41) is 17.9. The number of rotatable bonds is 11. The molecule has 0 fully saturated rings. The molecule has 0 bridgehead atoms. The normalized spacial score (nSPS) is 15.4. The van der Waals surface area contributed by atoms with Crippen LogP contribution in [-0.4, -0.2) is 22.2 Å². The van der Waals surface area contributed by atoms with E-state index in [4.69, 9.17) is 10.2 Å². The molecule has 2 atom stereocenters. The SMILES string of the molecule is CC(CCC(C)CC(C)(C)CC(=O)O)CC(C)(C)CC(=O)O. The van der Waals surface area contributed by atoms with Crippen molar-refractivity contribution in [3.63, 3.8) is 0 Å². The van der Waals surface area contributed by atoms with Crippen LogP contribution in [0.25, 0.3) is 0 Å². The molecule has 0 aromatic rings. The molecule has 0 aromatic heterocycles. The molecule has 0 aliphatic carbocycles. The highest BCUT2D eigenvalue weighted by Gasteiger charge is 2.26. The van der Waals surface area contributed by atoms with Crippen molar-refractivity contribution < 1.29 is 19.8 Å². The highest BCUT2D eigenvalue weighted by Crippen LogP contribution is 2.34. The van der Waals surface area contributed by atoms with Gasteiger partial charge in [0.15, 0.2) is 0 Å². The number of carboxylic acid groups (broad SMARTS) is 2. The monoisotopic (exact) mass is 314 g/mol. The quantitative estimate of drug-likeness (QED) is 0.573. The third-order valence-electron chi connectivity index (χ3n) is 4.21. The topological polar surface area (TPSA) is 74.6 Å². The van der Waals surface area contributed by atoms with Gasteiger partial charge in [0, 0.05) is 0 Å². The van der Waals surface area contributed by atoms with E-state index in [0.717, 1.165) is 25.7 Å². The van der Waals surface area contributed by atoms with Gasteiger partial charge in [0.1, 0.15) is 0 Å². The number of carboxylic acids is 2. The Labute approximate surface area is 135 Å². The predicted octanol–water partition coefficient (Wildman–Crippen LogP) is 4.82. The van der Waals surface area contributed by atoms with Crippen LogP contribution in [0.5, 0.6) is 0 Å². The van der Waals surface area contributed by atoms with Crippen molar-refractivity contribution in [3.05, 3.63) is 0 Å². The first-order chi connectivity index (χ1) is 9.83. The third kappa shape index (κ3) is 10.6. The van der Waals surface area contributed by atoms with E-state index < -0.39 is 11.9 Å². The van der Waals surface area contributed by atoms with Gasteiger partial charge in [-0.05, 0) is 35.5 Å². The number of aliphatic carboxylic acids is 2. The molecule has 2 unspecified atom stereocenters. The fourth-order valence-electron chi connectivity index (χ4n) is 3.62. The molecule has 0 heterocycles. The molecule has 0 amide bonds. The van der Waals surface area contributed by atoms with Gasteiger partial charge < -0.3 is 10.2 Å². The van der Waals surface area contributed by atoms with Crippen LogP contribution < -0.4 is 0 Å². The lowest BCUT2D eigenvalue weighted by Crippen LogP contribution is -2.21. The molecule has 0 aliphatic rings. The van der Waals surface area contributed by atoms with Crippen molar-refractivity contribution in [2.24, 2.45) is 22.7 Å². The molecule has 0 spiro atoms. The van der Waals surface area contributed by atoms with Crippen LogP contribution in [0.3, 0.4) is 0 Å². The van der Waals surface area contributed by atoms with E-state index in [2.05, 4.69) is 13.8 Å². The second-order valence-corrected chi connectivity index (χ2v) is 8.67. The number of hydrogen-bond acceptors (Lipinski definition) is 2. The summed E-state index contributed by atoms with van der Waals surface area (Å²) < 4.78 is 0. The highest BCUT2D eigenvalue weighted by atomic mass is 16.4. The Bertz CT molecular complexity index is 335. The summed E-state index contributed by atoms with van der Waals surface area (Å²) in [5.41, 5.74) is -0.339. The number of carbonyl (C=O) groups is 2. The molecule has 2 N–H and O–H groups in total. The molecule has 0 radical (unpaired) electrons. The maximum Gasteiger partial charge on any atom is 0.303 e. The summed E-state index contributed by atoms with van der Waals surface area (Å²) in [6.07, 6.45) is 4.35. The summed E-state index contributed by atoms with van der Waals surface area (Å²) in [7, 11) is 0. The molecule has 22 heavy (non-hydrogen) atoms. The molecule has 0 saturated heterocycles. The fraction of sp³-hybridized carbons (Fsp3) is 0.889. The molecule has 0 rings (SSSR count). The zero-order chi connectivity index (χ0) is 17.6. The van der Waals surface area contributed by atoms with Gasteiger partial charge in [0.2, 0.25) is 0 Å². The molecule has 0 aliphatic heterocycles. The Morgan fingerprint density at radius 1 is 0.773 bits per heavy atom. The van der Waals surface area contributed by atoms with Gasteiger partial charge in [-0.15, -0.1) is 0 Å². The van der Waals surface area contributed by atoms with Gasteiger partial charge in [0.25, 0.3) is 0 Å². The van der Waals surface area contributed by atoms with Crippen LogP contribution in [0.15, 0.2) is 0 Å². The van der Waals surface area contributed by atoms with Crippen molar-refractivity contribution >= 4 is 11.9 Å². The van der Waals surface area contributed by atoms with Crippen molar-refractivity contribution in [1.29, 1.82) is 0 Å². The molecule has 0 aromatic carbocycles. The summed E-state index contributed by atoms with van der Waals surface area (Å²) in [6, 6.07) is 0. The van der Waals surface area contributed by atoms with Crippen molar-refractivity contribution in [2.45, 2.75) is 80.1 Å². The number of hydrogen-bond donors (Lipinski definition) is 2. The standard InChI is InChI=1S/C18H34O4/c1-13(9-17(3,4)11-15(19)20)7-8-14(2)10-18(5,6)12-16(21)22/h13-14H,7-12H2,1-6H3,(H,19,20)(H,21,22). The first-order valence-electron chi connectivity index (χ1n) is 8.26. The smallest absolute Gasteiger partial charge is 0.303 e. The molecule has 4 nitrogen and oxygen atoms in total. The van der Waals surface area contributed by atoms with Crippen molar-refractivity contribution in [1.82, 2.24) is 0 Å². The van der Waals surface area contributed by atoms with Gasteiger partial charge >= 0.3 is 11.9 Å². The van der Waals surface area contributed by atoms with E-state index in [1.165, 1.54) is 0 Å². The van der Waals surface area contributed by atoms with E-state index in [1.807, 2.05) is 27.7 Å². The fourth-order valence-corrected chi connectivity index (χ4v) is 3.62. The van der Waals surface area contributed by atoms with Gasteiger partial charge in [-0.2, -0.15) is 0 Å². The zero-order valence-corrected chi connectivity index (χ0v) is 15.1. The lowest BCUT2D eigenvalue weighted by molar-refractivity contribution is -0.140. The largest absolute Gasteiger partial charge is 0.481 e. The van der Waals surface area contributed by atoms with Crippen molar-refractivity contribution in [3.8, 4) is 0 Å². The molecular formula is C18H34O4. The average Bonchev–Trinajstić information content (AvgIpc) is 2.20. The van der Waals surface area contributed by atoms with E-state index >= 15 is 0 Å². The summed E-state index contributed by atoms with van der Waals surface area (Å²) >= 11 is 0. The third-order valence-corrected chi connectivity index (χ3v) is 4.21. The second kappa shape index (κ2) is 8.54. The summed E-state index contributed by atoms with van der Waals surface area (Å²) in [6.45, 7) is 12.4. The van der Waals surface area contributed by atoms with Gasteiger partial charge in [-0.1, -0.05) is 54.4 Å². The Morgan fingerprint density at radius 3 is 1.27 bits per heavy atom. The first-order valence-corrected chi connectivity index (χ1v) is 8.26. The Balaban J connectivity index is 4.21. The van der Waals surface area contributed by atoms with Crippen LogP contribution in [0.1, 0.15) is 80.1 Å². The van der Waals surface area contributed by atoms with Crippen LogP contribution in [-0.2, 0) is 9.59 Å².